The third kappa shape index (κ3) is 5.94. The fourth-order valence-corrected chi connectivity index (χ4v) is 3.41. The highest BCUT2D eigenvalue weighted by molar-refractivity contribution is 5.97. The van der Waals surface area contributed by atoms with Gasteiger partial charge in [-0.25, -0.2) is 0 Å². The minimum Gasteiger partial charge on any atom is -0.384 e. The van der Waals surface area contributed by atoms with E-state index in [1.807, 2.05) is 23.1 Å². The zero-order valence-electron chi connectivity index (χ0n) is 16.1. The van der Waals surface area contributed by atoms with Crippen molar-refractivity contribution in [1.82, 2.24) is 9.80 Å². The number of morpholine rings is 1. The number of piperidine rings is 1. The number of nitrogens with two attached hydrogens (primary N) is 1. The minimum absolute atomic E-state index is 0.0282. The topological polar surface area (TPSA) is 80.4 Å². The average Bonchev–Trinajstić information content (AvgIpc) is 2.69. The Balaban J connectivity index is 1.49. The maximum absolute atomic E-state index is 12.2. The number of hydrogen-bond donors (Lipinski definition) is 1. The molecule has 0 bridgehead atoms. The van der Waals surface area contributed by atoms with Crippen molar-refractivity contribution in [2.45, 2.75) is 26.3 Å². The summed E-state index contributed by atoms with van der Waals surface area (Å²) in [6.07, 6.45) is 2.10. The molecule has 2 aliphatic heterocycles. The van der Waals surface area contributed by atoms with Crippen LogP contribution in [-0.2, 0) is 20.9 Å². The fraction of sp³-hybridized carbons (Fsp3) is 0.600. The van der Waals surface area contributed by atoms with Crippen LogP contribution in [0.1, 0.15) is 30.9 Å². The van der Waals surface area contributed by atoms with Gasteiger partial charge < -0.3 is 20.2 Å². The molecule has 1 amide bonds. The van der Waals surface area contributed by atoms with Gasteiger partial charge in [0.05, 0.1) is 13.2 Å². The van der Waals surface area contributed by atoms with Gasteiger partial charge in [-0.2, -0.15) is 0 Å². The molecule has 2 aliphatic rings. The number of rotatable bonds is 6. The van der Waals surface area contributed by atoms with E-state index in [4.69, 9.17) is 15.3 Å². The maximum atomic E-state index is 12.2. The number of ether oxygens (including phenoxy) is 1. The Labute approximate surface area is 161 Å². The van der Waals surface area contributed by atoms with Gasteiger partial charge >= 0.3 is 0 Å². The molecule has 1 aromatic rings. The SMILES string of the molecule is CC1CCN(C(=O)CO/N=C(/N)c2cccc(CN3CCOCC3)c2)CC1. The van der Waals surface area contributed by atoms with Crippen molar-refractivity contribution in [2.24, 2.45) is 16.8 Å². The number of amidine groups is 1. The molecule has 1 aromatic carbocycles. The zero-order valence-corrected chi connectivity index (χ0v) is 16.1. The van der Waals surface area contributed by atoms with Crippen molar-refractivity contribution in [3.05, 3.63) is 35.4 Å². The van der Waals surface area contributed by atoms with E-state index in [0.29, 0.717) is 11.8 Å². The third-order valence-electron chi connectivity index (χ3n) is 5.22. The van der Waals surface area contributed by atoms with Gasteiger partial charge in [0.2, 0.25) is 0 Å². The van der Waals surface area contributed by atoms with Gasteiger partial charge in [0.25, 0.3) is 5.91 Å². The van der Waals surface area contributed by atoms with Crippen LogP contribution >= 0.6 is 0 Å². The average molecular weight is 374 g/mol. The van der Waals surface area contributed by atoms with Crippen LogP contribution in [0.5, 0.6) is 0 Å². The zero-order chi connectivity index (χ0) is 19.1. The predicted molar refractivity (Wildman–Crippen MR) is 104 cm³/mol. The summed E-state index contributed by atoms with van der Waals surface area (Å²) < 4.78 is 5.38. The quantitative estimate of drug-likeness (QED) is 0.463. The van der Waals surface area contributed by atoms with E-state index < -0.39 is 0 Å². The Kier molecular flexibility index (Phi) is 7.06. The highest BCUT2D eigenvalue weighted by Crippen LogP contribution is 2.16. The summed E-state index contributed by atoms with van der Waals surface area (Å²) in [6, 6.07) is 7.96. The first-order chi connectivity index (χ1) is 13.1. The Morgan fingerprint density at radius 1 is 1.26 bits per heavy atom. The van der Waals surface area contributed by atoms with Gasteiger partial charge in [-0.1, -0.05) is 30.3 Å². The molecule has 7 nitrogen and oxygen atoms in total. The molecular formula is C20H30N4O3. The van der Waals surface area contributed by atoms with Gasteiger partial charge in [0.15, 0.2) is 12.4 Å². The lowest BCUT2D eigenvalue weighted by molar-refractivity contribution is -0.137. The van der Waals surface area contributed by atoms with Gasteiger partial charge in [-0.3, -0.25) is 9.69 Å². The monoisotopic (exact) mass is 374 g/mol. The van der Waals surface area contributed by atoms with Crippen molar-refractivity contribution in [3.8, 4) is 0 Å². The molecule has 2 saturated heterocycles. The van der Waals surface area contributed by atoms with Crippen LogP contribution < -0.4 is 5.73 Å². The summed E-state index contributed by atoms with van der Waals surface area (Å²) >= 11 is 0. The van der Waals surface area contributed by atoms with E-state index in [0.717, 1.165) is 64.3 Å². The molecule has 0 spiro atoms. The Bertz CT molecular complexity index is 650. The molecule has 0 radical (unpaired) electrons. The molecule has 0 unspecified atom stereocenters. The number of oxime groups is 1. The first-order valence-corrected chi connectivity index (χ1v) is 9.74. The summed E-state index contributed by atoms with van der Waals surface area (Å²) in [5.41, 5.74) is 8.02. The summed E-state index contributed by atoms with van der Waals surface area (Å²) in [4.78, 5) is 21.6. The van der Waals surface area contributed by atoms with Crippen LogP contribution in [0, 0.1) is 5.92 Å². The number of amides is 1. The van der Waals surface area contributed by atoms with Crippen molar-refractivity contribution in [2.75, 3.05) is 46.0 Å². The van der Waals surface area contributed by atoms with Gasteiger partial charge in [-0.15, -0.1) is 0 Å². The first kappa shape index (κ1) is 19.6. The van der Waals surface area contributed by atoms with E-state index in [9.17, 15) is 4.79 Å². The predicted octanol–water partition coefficient (Wildman–Crippen LogP) is 1.41. The van der Waals surface area contributed by atoms with Crippen molar-refractivity contribution in [1.29, 1.82) is 0 Å². The van der Waals surface area contributed by atoms with Crippen LogP contribution in [0.3, 0.4) is 0 Å². The molecule has 3 rings (SSSR count). The van der Waals surface area contributed by atoms with Crippen LogP contribution in [0.2, 0.25) is 0 Å². The lowest BCUT2D eigenvalue weighted by atomic mass is 9.99. The molecular weight excluding hydrogens is 344 g/mol. The summed E-state index contributed by atoms with van der Waals surface area (Å²) in [7, 11) is 0. The molecule has 0 aromatic heterocycles. The van der Waals surface area contributed by atoms with Crippen molar-refractivity contribution >= 4 is 11.7 Å². The normalized spacial score (nSPS) is 19.9. The van der Waals surface area contributed by atoms with E-state index >= 15 is 0 Å². The second-order valence-electron chi connectivity index (χ2n) is 7.40. The van der Waals surface area contributed by atoms with E-state index in [-0.39, 0.29) is 12.5 Å². The fourth-order valence-electron chi connectivity index (χ4n) is 3.41. The molecule has 0 saturated carbocycles. The highest BCUT2D eigenvalue weighted by Gasteiger charge is 2.20. The minimum atomic E-state index is -0.0669. The number of likely N-dealkylation sites (tertiary alicyclic amines) is 1. The Hall–Kier alpha value is -2.12. The molecule has 2 N–H and O–H groups in total. The highest BCUT2D eigenvalue weighted by atomic mass is 16.6. The van der Waals surface area contributed by atoms with Gasteiger partial charge in [-0.05, 0) is 30.4 Å². The molecule has 0 aliphatic carbocycles. The van der Waals surface area contributed by atoms with Crippen molar-refractivity contribution in [3.63, 3.8) is 0 Å². The Morgan fingerprint density at radius 2 is 2.00 bits per heavy atom. The number of carbonyl (C=O) groups excluding carboxylic acids is 1. The van der Waals surface area contributed by atoms with E-state index in [1.54, 1.807) is 0 Å². The van der Waals surface area contributed by atoms with Crippen LogP contribution in [0.25, 0.3) is 0 Å². The lowest BCUT2D eigenvalue weighted by Crippen LogP contribution is -2.39. The second-order valence-corrected chi connectivity index (χ2v) is 7.40. The summed E-state index contributed by atoms with van der Waals surface area (Å²) in [6.45, 7) is 8.04. The molecule has 148 valence electrons. The number of carbonyl (C=O) groups is 1. The standard InChI is InChI=1S/C20H30N4O3/c1-16-5-7-24(8-6-16)19(25)15-27-22-20(21)18-4-2-3-17(13-18)14-23-9-11-26-12-10-23/h2-4,13,16H,5-12,14-15H2,1H3,(H2,21,22). The first-order valence-electron chi connectivity index (χ1n) is 9.74. The third-order valence-corrected chi connectivity index (χ3v) is 5.22. The largest absolute Gasteiger partial charge is 0.384 e. The molecule has 2 heterocycles. The summed E-state index contributed by atoms with van der Waals surface area (Å²) in [5.74, 6) is 0.951. The molecule has 0 atom stereocenters. The molecule has 27 heavy (non-hydrogen) atoms. The number of hydrogen-bond acceptors (Lipinski definition) is 5. The molecule has 2 fully saturated rings. The van der Waals surface area contributed by atoms with Crippen LogP contribution in [0.15, 0.2) is 29.4 Å². The molecule has 7 heteroatoms. The van der Waals surface area contributed by atoms with E-state index in [2.05, 4.69) is 23.0 Å². The number of benzene rings is 1. The van der Waals surface area contributed by atoms with Gasteiger partial charge in [0.1, 0.15) is 0 Å². The lowest BCUT2D eigenvalue weighted by Gasteiger charge is -2.29. The van der Waals surface area contributed by atoms with Gasteiger partial charge in [0, 0.05) is 38.3 Å². The van der Waals surface area contributed by atoms with Crippen molar-refractivity contribution < 1.29 is 14.4 Å². The summed E-state index contributed by atoms with van der Waals surface area (Å²) in [5, 5.41) is 3.95. The Morgan fingerprint density at radius 3 is 2.74 bits per heavy atom. The smallest absolute Gasteiger partial charge is 0.263 e. The van der Waals surface area contributed by atoms with E-state index in [1.165, 1.54) is 5.56 Å². The van der Waals surface area contributed by atoms with Crippen LogP contribution in [0.4, 0.5) is 0 Å². The second kappa shape index (κ2) is 9.71. The number of nitrogens with zero attached hydrogens (tertiary/aromatic N) is 3. The maximum Gasteiger partial charge on any atom is 0.263 e. The van der Waals surface area contributed by atoms with Crippen LogP contribution in [-0.4, -0.2) is 67.5 Å².